The number of fused-ring (bicyclic) bond motifs is 1. The lowest BCUT2D eigenvalue weighted by Gasteiger charge is -2.42. The highest BCUT2D eigenvalue weighted by Gasteiger charge is 2.47. The fraction of sp³-hybridized carbons (Fsp3) is 0.923. The predicted molar refractivity (Wildman–Crippen MR) is 128 cm³/mol. The highest BCUT2D eigenvalue weighted by Crippen LogP contribution is 2.51. The molecule has 0 aromatic carbocycles. The molecule has 2 aliphatic carbocycles. The fourth-order valence-electron chi connectivity index (χ4n) is 5.38. The molecule has 5 atom stereocenters. The van der Waals surface area contributed by atoms with Gasteiger partial charge in [-0.05, 0) is 67.5 Å². The number of carbonyl (C=O) groups excluding carboxylic acids is 2. The van der Waals surface area contributed by atoms with Crippen molar-refractivity contribution in [3.05, 3.63) is 0 Å². The summed E-state index contributed by atoms with van der Waals surface area (Å²) < 4.78 is 6.65. The Kier molecular flexibility index (Phi) is 8.22. The maximum Gasteiger partial charge on any atom is 0.191 e. The molecule has 2 aliphatic rings. The van der Waals surface area contributed by atoms with E-state index in [0.717, 1.165) is 25.9 Å². The molecule has 0 amide bonds. The van der Waals surface area contributed by atoms with Crippen LogP contribution in [0.3, 0.4) is 0 Å². The van der Waals surface area contributed by atoms with Crippen LogP contribution < -0.4 is 0 Å². The summed E-state index contributed by atoms with van der Waals surface area (Å²) in [6.45, 7) is 20.8. The van der Waals surface area contributed by atoms with Crippen LogP contribution in [-0.4, -0.2) is 26.5 Å². The molecule has 2 rings (SSSR count). The van der Waals surface area contributed by atoms with Gasteiger partial charge in [-0.15, -0.1) is 0 Å². The van der Waals surface area contributed by atoms with Crippen LogP contribution in [0.2, 0.25) is 18.1 Å². The van der Waals surface area contributed by atoms with E-state index in [-0.39, 0.29) is 16.4 Å². The number of Topliss-reactive ketones (excluding diaryl/α,β-unsaturated/α-hetero) is 2. The number of hydrogen-bond donors (Lipinski definition) is 0. The van der Waals surface area contributed by atoms with Gasteiger partial charge in [0.15, 0.2) is 8.32 Å². The smallest absolute Gasteiger partial charge is 0.191 e. The summed E-state index contributed by atoms with van der Waals surface area (Å²) >= 11 is 0. The fourth-order valence-corrected chi connectivity index (χ4v) is 6.44. The van der Waals surface area contributed by atoms with Gasteiger partial charge in [-0.2, -0.15) is 0 Å². The minimum absolute atomic E-state index is 0.0623. The summed E-state index contributed by atoms with van der Waals surface area (Å²) in [6.07, 6.45) is 6.37. The number of carbonyl (C=O) groups is 2. The number of rotatable bonds is 7. The Hall–Kier alpha value is -0.483. The zero-order valence-electron chi connectivity index (χ0n) is 21.3. The van der Waals surface area contributed by atoms with E-state index in [1.54, 1.807) is 0 Å². The van der Waals surface area contributed by atoms with Gasteiger partial charge in [0.05, 0.1) is 0 Å². The third-order valence-corrected chi connectivity index (χ3v) is 13.5. The van der Waals surface area contributed by atoms with Crippen LogP contribution in [0.5, 0.6) is 0 Å². The zero-order valence-corrected chi connectivity index (χ0v) is 22.3. The van der Waals surface area contributed by atoms with Crippen LogP contribution in [0, 0.1) is 35.0 Å². The lowest BCUT2D eigenvalue weighted by molar-refractivity contribution is -0.132. The van der Waals surface area contributed by atoms with E-state index in [0.29, 0.717) is 48.1 Å². The molecule has 0 aromatic heterocycles. The minimum atomic E-state index is -1.78. The van der Waals surface area contributed by atoms with Crippen molar-refractivity contribution in [3.8, 4) is 0 Å². The third kappa shape index (κ3) is 5.85. The molecule has 0 N–H and O–H groups in total. The van der Waals surface area contributed by atoms with Crippen molar-refractivity contribution in [1.29, 1.82) is 0 Å². The number of ketones is 2. The summed E-state index contributed by atoms with van der Waals surface area (Å²) in [5.41, 5.74) is -0.336. The third-order valence-electron chi connectivity index (χ3n) is 8.97. The SMILES string of the molecule is CC(C)C(=O)CC[C@]1(C)C[C@H]2[C@H](CC[C@@H]2C)[C@@H](CO[Si](C)(C)C(C)(C)C)CCC1=O. The second kappa shape index (κ2) is 9.56. The topological polar surface area (TPSA) is 43.4 Å². The first-order valence-corrected chi connectivity index (χ1v) is 15.3. The monoisotopic (exact) mass is 436 g/mol. The van der Waals surface area contributed by atoms with Crippen molar-refractivity contribution >= 4 is 19.9 Å². The first kappa shape index (κ1) is 25.8. The quantitative estimate of drug-likeness (QED) is 0.401. The summed E-state index contributed by atoms with van der Waals surface area (Å²) in [6, 6.07) is 0. The maximum absolute atomic E-state index is 13.3. The molecule has 0 heterocycles. The van der Waals surface area contributed by atoms with Crippen LogP contribution in [0.15, 0.2) is 0 Å². The predicted octanol–water partition coefficient (Wildman–Crippen LogP) is 7.05. The Labute approximate surface area is 187 Å². The summed E-state index contributed by atoms with van der Waals surface area (Å²) in [7, 11) is -1.78. The molecule has 0 bridgehead atoms. The molecule has 3 nitrogen and oxygen atoms in total. The van der Waals surface area contributed by atoms with Crippen molar-refractivity contribution in [2.45, 2.75) is 112 Å². The first-order chi connectivity index (χ1) is 13.7. The van der Waals surface area contributed by atoms with Gasteiger partial charge < -0.3 is 4.43 Å². The highest BCUT2D eigenvalue weighted by molar-refractivity contribution is 6.74. The van der Waals surface area contributed by atoms with Gasteiger partial charge in [-0.1, -0.05) is 54.9 Å². The molecule has 4 heteroatoms. The largest absolute Gasteiger partial charge is 0.417 e. The standard InChI is InChI=1S/C26H48O3Si/c1-18(2)23(27)14-15-26(7)16-22-19(3)10-12-21(22)20(11-13-24(26)28)17-29-30(8,9)25(4,5)6/h18-22H,10-17H2,1-9H3/t19-,20+,21+,22+,26+/m0/s1. The molecular formula is C26H48O3Si. The van der Waals surface area contributed by atoms with Crippen molar-refractivity contribution in [2.24, 2.45) is 35.0 Å². The average Bonchev–Trinajstić information content (AvgIpc) is 2.97. The van der Waals surface area contributed by atoms with E-state index in [1.165, 1.54) is 12.8 Å². The van der Waals surface area contributed by atoms with Crippen molar-refractivity contribution in [3.63, 3.8) is 0 Å². The molecule has 174 valence electrons. The van der Waals surface area contributed by atoms with Gasteiger partial charge in [-0.25, -0.2) is 0 Å². The first-order valence-electron chi connectivity index (χ1n) is 12.4. The van der Waals surface area contributed by atoms with Crippen molar-refractivity contribution < 1.29 is 14.0 Å². The van der Waals surface area contributed by atoms with E-state index in [9.17, 15) is 9.59 Å². The van der Waals surface area contributed by atoms with Crippen molar-refractivity contribution in [2.75, 3.05) is 6.61 Å². The van der Waals surface area contributed by atoms with E-state index in [1.807, 2.05) is 13.8 Å². The Morgan fingerprint density at radius 1 is 1.17 bits per heavy atom. The molecule has 2 saturated carbocycles. The Bertz CT molecular complexity index is 618. The molecule has 0 spiro atoms. The molecule has 0 aliphatic heterocycles. The zero-order chi connectivity index (χ0) is 22.9. The van der Waals surface area contributed by atoms with Crippen LogP contribution in [0.4, 0.5) is 0 Å². The van der Waals surface area contributed by atoms with Crippen molar-refractivity contribution in [1.82, 2.24) is 0 Å². The summed E-state index contributed by atoms with van der Waals surface area (Å²) in [5.74, 6) is 3.15. The van der Waals surface area contributed by atoms with Gasteiger partial charge >= 0.3 is 0 Å². The Morgan fingerprint density at radius 3 is 2.37 bits per heavy atom. The van der Waals surface area contributed by atoms with Gasteiger partial charge in [0.2, 0.25) is 0 Å². The maximum atomic E-state index is 13.3. The lowest BCUT2D eigenvalue weighted by Crippen LogP contribution is -2.44. The van der Waals surface area contributed by atoms with Gasteiger partial charge in [0.25, 0.3) is 0 Å². The second-order valence-corrected chi connectivity index (χ2v) is 17.4. The molecule has 30 heavy (non-hydrogen) atoms. The van der Waals surface area contributed by atoms with Gasteiger partial charge in [-0.3, -0.25) is 9.59 Å². The normalized spacial score (nSPS) is 33.3. The molecular weight excluding hydrogens is 388 g/mol. The molecule has 0 unspecified atom stereocenters. The Balaban J connectivity index is 2.15. The molecule has 0 aromatic rings. The molecule has 2 fully saturated rings. The molecule has 0 saturated heterocycles. The van der Waals surface area contributed by atoms with Crippen LogP contribution in [-0.2, 0) is 14.0 Å². The minimum Gasteiger partial charge on any atom is -0.417 e. The van der Waals surface area contributed by atoms with Crippen LogP contribution in [0.1, 0.15) is 93.4 Å². The van der Waals surface area contributed by atoms with E-state index in [4.69, 9.17) is 4.43 Å². The molecule has 0 radical (unpaired) electrons. The van der Waals surface area contributed by atoms with E-state index in [2.05, 4.69) is 47.7 Å². The van der Waals surface area contributed by atoms with Gasteiger partial charge in [0, 0.05) is 30.8 Å². The van der Waals surface area contributed by atoms with Crippen LogP contribution >= 0.6 is 0 Å². The number of hydrogen-bond acceptors (Lipinski definition) is 3. The lowest BCUT2D eigenvalue weighted by atomic mass is 9.64. The van der Waals surface area contributed by atoms with E-state index >= 15 is 0 Å². The Morgan fingerprint density at radius 2 is 1.80 bits per heavy atom. The van der Waals surface area contributed by atoms with Gasteiger partial charge in [0.1, 0.15) is 11.6 Å². The summed E-state index contributed by atoms with van der Waals surface area (Å²) in [4.78, 5) is 25.6. The van der Waals surface area contributed by atoms with Crippen LogP contribution in [0.25, 0.3) is 0 Å². The summed E-state index contributed by atoms with van der Waals surface area (Å²) in [5, 5.41) is 0.217. The average molecular weight is 437 g/mol. The second-order valence-electron chi connectivity index (χ2n) is 12.6. The van der Waals surface area contributed by atoms with E-state index < -0.39 is 8.32 Å². The highest BCUT2D eigenvalue weighted by atomic mass is 28.4.